The fourth-order valence-electron chi connectivity index (χ4n) is 5.45. The lowest BCUT2D eigenvalue weighted by molar-refractivity contribution is 0.0536. The van der Waals surface area contributed by atoms with Gasteiger partial charge >= 0.3 is 0 Å². The third-order valence-electron chi connectivity index (χ3n) is 8.00. The van der Waals surface area contributed by atoms with Crippen molar-refractivity contribution in [2.45, 2.75) is 52.0 Å². The van der Waals surface area contributed by atoms with E-state index < -0.39 is 12.7 Å². The van der Waals surface area contributed by atoms with Crippen LogP contribution in [0.2, 0.25) is 10.0 Å². The highest BCUT2D eigenvalue weighted by molar-refractivity contribution is 6.35. The quantitative estimate of drug-likeness (QED) is 0.156. The minimum absolute atomic E-state index is 0.0705. The Morgan fingerprint density at radius 1 is 0.891 bits per heavy atom. The maximum atomic E-state index is 9.69. The van der Waals surface area contributed by atoms with Crippen molar-refractivity contribution in [2.24, 2.45) is 0 Å². The fraction of sp³-hybridized carbons (Fsp3) is 0.333. The monoisotopic (exact) mass is 661 g/mol. The van der Waals surface area contributed by atoms with E-state index >= 15 is 0 Å². The molecule has 46 heavy (non-hydrogen) atoms. The van der Waals surface area contributed by atoms with Gasteiger partial charge in [-0.05, 0) is 67.7 Å². The second-order valence-electron chi connectivity index (χ2n) is 11.4. The molecule has 2 N–H and O–H groups in total. The van der Waals surface area contributed by atoms with Gasteiger partial charge in [-0.25, -0.2) is 0 Å². The maximum absolute atomic E-state index is 9.69. The maximum Gasteiger partial charge on any atom is 0.142 e. The highest BCUT2D eigenvalue weighted by Gasteiger charge is 2.18. The largest absolute Gasteiger partial charge is 0.489 e. The predicted octanol–water partition coefficient (Wildman–Crippen LogP) is 7.11. The van der Waals surface area contributed by atoms with Gasteiger partial charge in [0.1, 0.15) is 49.2 Å². The number of aliphatic hydroxyl groups excluding tert-OH is 2. The second kappa shape index (κ2) is 16.1. The number of hydrogen-bond donors (Lipinski definition) is 2. The molecule has 3 aromatic carbocycles. The number of halogens is 2. The van der Waals surface area contributed by atoms with Crippen LogP contribution in [0.1, 0.15) is 47.1 Å². The molecule has 240 valence electrons. The summed E-state index contributed by atoms with van der Waals surface area (Å²) in [7, 11) is 0. The van der Waals surface area contributed by atoms with Gasteiger partial charge in [0, 0.05) is 41.7 Å². The SMILES string of the molecule is Cc1c(COc2cc(OCc3cncc(C#N)c3)c(CN3CCCCC3)cc2Cl)cccc1-c1cccc(OCC(O)CO)c1Cl. The van der Waals surface area contributed by atoms with Crippen molar-refractivity contribution in [1.82, 2.24) is 9.88 Å². The molecule has 1 unspecified atom stereocenters. The number of nitriles is 1. The Kier molecular flexibility index (Phi) is 11.8. The molecule has 1 atom stereocenters. The molecule has 1 aliphatic heterocycles. The number of likely N-dealkylation sites (tertiary alicyclic amines) is 1. The molecule has 10 heteroatoms. The standard InChI is InChI=1S/C36H37Cl2N3O5/c1-24-27(7-5-8-30(24)31-9-6-10-33(36(31)38)46-23-29(43)20-42)22-45-35-15-34(44-21-26-13-25(16-39)17-40-18-26)28(14-32(35)37)19-41-11-3-2-4-12-41/h5-10,13-15,17-18,29,42-43H,2-4,11-12,19-23H2,1H3. The Morgan fingerprint density at radius 2 is 1.65 bits per heavy atom. The summed E-state index contributed by atoms with van der Waals surface area (Å²) in [5, 5.41) is 29.0. The predicted molar refractivity (Wildman–Crippen MR) is 178 cm³/mol. The van der Waals surface area contributed by atoms with Gasteiger partial charge in [0.25, 0.3) is 0 Å². The zero-order chi connectivity index (χ0) is 32.5. The molecule has 4 aromatic rings. The van der Waals surface area contributed by atoms with Crippen LogP contribution in [0.15, 0.2) is 67.0 Å². The van der Waals surface area contributed by atoms with Crippen molar-refractivity contribution in [2.75, 3.05) is 26.3 Å². The minimum atomic E-state index is -0.995. The molecule has 0 saturated carbocycles. The van der Waals surface area contributed by atoms with E-state index in [1.807, 2.05) is 49.4 Å². The van der Waals surface area contributed by atoms with Crippen molar-refractivity contribution in [3.63, 3.8) is 0 Å². The Hall–Kier alpha value is -3.84. The van der Waals surface area contributed by atoms with Crippen LogP contribution in [0, 0.1) is 18.3 Å². The molecular weight excluding hydrogens is 625 g/mol. The summed E-state index contributed by atoms with van der Waals surface area (Å²) < 4.78 is 18.3. The molecule has 0 aliphatic carbocycles. The smallest absolute Gasteiger partial charge is 0.142 e. The van der Waals surface area contributed by atoms with Crippen LogP contribution in [0.5, 0.6) is 17.2 Å². The highest BCUT2D eigenvalue weighted by Crippen LogP contribution is 2.39. The van der Waals surface area contributed by atoms with E-state index in [2.05, 4.69) is 16.0 Å². The lowest BCUT2D eigenvalue weighted by Crippen LogP contribution is -2.29. The van der Waals surface area contributed by atoms with Crippen molar-refractivity contribution in [1.29, 1.82) is 5.26 Å². The third kappa shape index (κ3) is 8.49. The van der Waals surface area contributed by atoms with Gasteiger partial charge in [0.2, 0.25) is 0 Å². The number of ether oxygens (including phenoxy) is 3. The van der Waals surface area contributed by atoms with Gasteiger partial charge in [0.05, 0.1) is 22.2 Å². The number of nitrogens with zero attached hydrogens (tertiary/aromatic N) is 3. The molecule has 1 aliphatic rings. The summed E-state index contributed by atoms with van der Waals surface area (Å²) in [6, 6.07) is 19.1. The zero-order valence-electron chi connectivity index (χ0n) is 25.7. The lowest BCUT2D eigenvalue weighted by atomic mass is 9.96. The summed E-state index contributed by atoms with van der Waals surface area (Å²) in [5.41, 5.74) is 5.88. The first-order valence-electron chi connectivity index (χ1n) is 15.3. The molecule has 2 heterocycles. The van der Waals surface area contributed by atoms with Crippen LogP contribution in [0.25, 0.3) is 11.1 Å². The summed E-state index contributed by atoms with van der Waals surface area (Å²) in [6.07, 6.45) is 5.82. The van der Waals surface area contributed by atoms with Crippen molar-refractivity contribution >= 4 is 23.2 Å². The van der Waals surface area contributed by atoms with Gasteiger partial charge in [-0.2, -0.15) is 5.26 Å². The molecular formula is C36H37Cl2N3O5. The normalized spacial score (nSPS) is 14.0. The minimum Gasteiger partial charge on any atom is -0.489 e. The number of aromatic nitrogens is 1. The molecule has 1 fully saturated rings. The van der Waals surface area contributed by atoms with E-state index in [1.165, 1.54) is 25.5 Å². The molecule has 5 rings (SSSR count). The van der Waals surface area contributed by atoms with Gasteiger partial charge in [-0.15, -0.1) is 0 Å². The van der Waals surface area contributed by atoms with E-state index in [0.717, 1.165) is 53.0 Å². The van der Waals surface area contributed by atoms with Crippen LogP contribution in [0.3, 0.4) is 0 Å². The Bertz CT molecular complexity index is 1690. The van der Waals surface area contributed by atoms with E-state index in [9.17, 15) is 10.4 Å². The molecule has 1 saturated heterocycles. The summed E-state index contributed by atoms with van der Waals surface area (Å²) in [4.78, 5) is 6.57. The van der Waals surface area contributed by atoms with E-state index in [-0.39, 0.29) is 19.8 Å². The Balaban J connectivity index is 1.37. The van der Waals surface area contributed by atoms with Crippen molar-refractivity contribution in [3.8, 4) is 34.4 Å². The topological polar surface area (TPSA) is 108 Å². The van der Waals surface area contributed by atoms with E-state index in [1.54, 1.807) is 18.3 Å². The number of rotatable bonds is 13. The Morgan fingerprint density at radius 3 is 2.43 bits per heavy atom. The summed E-state index contributed by atoms with van der Waals surface area (Å²) in [6.45, 7) is 4.83. The molecule has 8 nitrogen and oxygen atoms in total. The van der Waals surface area contributed by atoms with Crippen LogP contribution in [-0.4, -0.2) is 52.5 Å². The van der Waals surface area contributed by atoms with Crippen LogP contribution in [-0.2, 0) is 19.8 Å². The number of benzene rings is 3. The van der Waals surface area contributed by atoms with Crippen molar-refractivity contribution in [3.05, 3.63) is 105 Å². The molecule has 0 radical (unpaired) electrons. The third-order valence-corrected chi connectivity index (χ3v) is 8.69. The first-order chi connectivity index (χ1) is 22.4. The van der Waals surface area contributed by atoms with Crippen LogP contribution < -0.4 is 14.2 Å². The van der Waals surface area contributed by atoms with Gasteiger partial charge in [0.15, 0.2) is 0 Å². The summed E-state index contributed by atoms with van der Waals surface area (Å²) >= 11 is 13.5. The van der Waals surface area contributed by atoms with Crippen LogP contribution >= 0.6 is 23.2 Å². The van der Waals surface area contributed by atoms with E-state index in [4.69, 9.17) is 42.5 Å². The van der Waals surface area contributed by atoms with Gasteiger partial charge in [-0.3, -0.25) is 9.88 Å². The average molecular weight is 663 g/mol. The highest BCUT2D eigenvalue weighted by atomic mass is 35.5. The zero-order valence-corrected chi connectivity index (χ0v) is 27.2. The lowest BCUT2D eigenvalue weighted by Gasteiger charge is -2.27. The first kappa shape index (κ1) is 33.5. The van der Waals surface area contributed by atoms with Crippen LogP contribution in [0.4, 0.5) is 0 Å². The summed E-state index contributed by atoms with van der Waals surface area (Å²) in [5.74, 6) is 1.60. The number of aliphatic hydroxyl groups is 2. The van der Waals surface area contributed by atoms with Gasteiger partial charge in [-0.1, -0.05) is 60.0 Å². The number of piperidine rings is 1. The average Bonchev–Trinajstić information content (AvgIpc) is 3.08. The fourth-order valence-corrected chi connectivity index (χ4v) is 5.97. The Labute approximate surface area is 279 Å². The second-order valence-corrected chi connectivity index (χ2v) is 12.1. The molecule has 0 bridgehead atoms. The number of pyridine rings is 1. The van der Waals surface area contributed by atoms with Gasteiger partial charge < -0.3 is 24.4 Å². The van der Waals surface area contributed by atoms with Crippen molar-refractivity contribution < 1.29 is 24.4 Å². The first-order valence-corrected chi connectivity index (χ1v) is 16.0. The van der Waals surface area contributed by atoms with E-state index in [0.29, 0.717) is 32.9 Å². The molecule has 1 aromatic heterocycles. The molecule has 0 spiro atoms. The number of hydrogen-bond acceptors (Lipinski definition) is 8. The molecule has 0 amide bonds.